The number of nitrogens with two attached hydrogens (primary N) is 1. The average Bonchev–Trinajstić information content (AvgIpc) is 2.90. The van der Waals surface area contributed by atoms with Gasteiger partial charge in [-0.15, -0.1) is 0 Å². The molecule has 1 rings (SSSR count). The van der Waals surface area contributed by atoms with Gasteiger partial charge in [0, 0.05) is 39.8 Å². The highest BCUT2D eigenvalue weighted by atomic mass is 16.5. The quantitative estimate of drug-likeness (QED) is 0.275. The van der Waals surface area contributed by atoms with Crippen LogP contribution in [0.1, 0.15) is 25.7 Å². The monoisotopic (exact) mass is 259 g/mol. The number of nitrogens with zero attached hydrogens (tertiary/aromatic N) is 2. The minimum Gasteiger partial charge on any atom is -0.409 e. The first kappa shape index (κ1) is 15.2. The fourth-order valence-corrected chi connectivity index (χ4v) is 2.08. The Balaban J connectivity index is 2.24. The number of hydrogen-bond donors (Lipinski definition) is 2. The summed E-state index contributed by atoms with van der Waals surface area (Å²) in [6.07, 6.45) is 4.36. The van der Waals surface area contributed by atoms with Gasteiger partial charge < -0.3 is 25.3 Å². The van der Waals surface area contributed by atoms with E-state index in [4.69, 9.17) is 20.4 Å². The summed E-state index contributed by atoms with van der Waals surface area (Å²) in [6, 6.07) is 0. The molecule has 1 atom stereocenters. The van der Waals surface area contributed by atoms with Gasteiger partial charge in [0.25, 0.3) is 0 Å². The highest BCUT2D eigenvalue weighted by Crippen LogP contribution is 2.15. The van der Waals surface area contributed by atoms with Gasteiger partial charge in [0.15, 0.2) is 0 Å². The molecule has 1 aliphatic heterocycles. The molecule has 106 valence electrons. The fourth-order valence-electron chi connectivity index (χ4n) is 2.08. The van der Waals surface area contributed by atoms with Crippen LogP contribution in [-0.2, 0) is 9.47 Å². The van der Waals surface area contributed by atoms with E-state index in [1.165, 1.54) is 12.8 Å². The molecule has 0 aromatic heterocycles. The Morgan fingerprint density at radius 2 is 2.33 bits per heavy atom. The maximum absolute atomic E-state index is 8.53. The van der Waals surface area contributed by atoms with Crippen molar-refractivity contribution in [3.05, 3.63) is 0 Å². The van der Waals surface area contributed by atoms with Crippen LogP contribution in [0.3, 0.4) is 0 Å². The molecule has 6 nitrogen and oxygen atoms in total. The SMILES string of the molecule is COCCN(CCC(N)=NO)CCC1CCCO1. The molecule has 1 unspecified atom stereocenters. The van der Waals surface area contributed by atoms with E-state index >= 15 is 0 Å². The second kappa shape index (κ2) is 9.13. The Bertz CT molecular complexity index is 243. The van der Waals surface area contributed by atoms with Gasteiger partial charge in [0.2, 0.25) is 0 Å². The molecule has 6 heteroatoms. The summed E-state index contributed by atoms with van der Waals surface area (Å²) in [5.74, 6) is 0.273. The molecule has 0 saturated carbocycles. The number of amidine groups is 1. The van der Waals surface area contributed by atoms with Crippen molar-refractivity contribution in [1.29, 1.82) is 0 Å². The van der Waals surface area contributed by atoms with Crippen LogP contribution in [0.15, 0.2) is 5.16 Å². The lowest BCUT2D eigenvalue weighted by molar-refractivity contribution is 0.0856. The lowest BCUT2D eigenvalue weighted by Gasteiger charge is -2.23. The van der Waals surface area contributed by atoms with E-state index < -0.39 is 0 Å². The molecule has 1 aliphatic rings. The molecule has 0 spiro atoms. The Morgan fingerprint density at radius 3 is 2.94 bits per heavy atom. The van der Waals surface area contributed by atoms with Gasteiger partial charge in [-0.25, -0.2) is 0 Å². The molecule has 0 radical (unpaired) electrons. The minimum absolute atomic E-state index is 0.273. The van der Waals surface area contributed by atoms with E-state index in [1.54, 1.807) is 7.11 Å². The summed E-state index contributed by atoms with van der Waals surface area (Å²) in [6.45, 7) is 4.20. The maximum Gasteiger partial charge on any atom is 0.140 e. The van der Waals surface area contributed by atoms with Crippen LogP contribution in [0.2, 0.25) is 0 Å². The van der Waals surface area contributed by atoms with Gasteiger partial charge in [0.1, 0.15) is 5.84 Å². The number of methoxy groups -OCH3 is 1. The van der Waals surface area contributed by atoms with Gasteiger partial charge in [0.05, 0.1) is 12.7 Å². The Labute approximate surface area is 109 Å². The van der Waals surface area contributed by atoms with Crippen LogP contribution >= 0.6 is 0 Å². The Hall–Kier alpha value is -0.850. The molecule has 0 aliphatic carbocycles. The van der Waals surface area contributed by atoms with Crippen molar-refractivity contribution in [1.82, 2.24) is 4.90 Å². The molecule has 3 N–H and O–H groups in total. The van der Waals surface area contributed by atoms with Crippen molar-refractivity contribution in [2.75, 3.05) is 40.0 Å². The second-order valence-electron chi connectivity index (χ2n) is 4.60. The van der Waals surface area contributed by atoms with Crippen LogP contribution in [0.5, 0.6) is 0 Å². The number of oxime groups is 1. The predicted octanol–water partition coefficient (Wildman–Crippen LogP) is 0.640. The normalized spacial score (nSPS) is 20.8. The Kier molecular flexibility index (Phi) is 7.71. The van der Waals surface area contributed by atoms with E-state index in [0.717, 1.165) is 32.7 Å². The zero-order chi connectivity index (χ0) is 13.2. The molecule has 1 saturated heterocycles. The van der Waals surface area contributed by atoms with Gasteiger partial charge in [-0.05, 0) is 19.3 Å². The van der Waals surface area contributed by atoms with Crippen LogP contribution in [-0.4, -0.2) is 62.0 Å². The molecule has 1 fully saturated rings. The van der Waals surface area contributed by atoms with E-state index in [2.05, 4.69) is 10.1 Å². The summed E-state index contributed by atoms with van der Waals surface area (Å²) in [5, 5.41) is 11.5. The highest BCUT2D eigenvalue weighted by Gasteiger charge is 2.16. The molecule has 1 heterocycles. The second-order valence-corrected chi connectivity index (χ2v) is 4.60. The van der Waals surface area contributed by atoms with Crippen molar-refractivity contribution in [2.45, 2.75) is 31.8 Å². The largest absolute Gasteiger partial charge is 0.409 e. The number of ether oxygens (including phenoxy) is 2. The van der Waals surface area contributed by atoms with Gasteiger partial charge in [-0.1, -0.05) is 5.16 Å². The third kappa shape index (κ3) is 6.18. The van der Waals surface area contributed by atoms with Gasteiger partial charge in [-0.2, -0.15) is 0 Å². The van der Waals surface area contributed by atoms with Crippen molar-refractivity contribution >= 4 is 5.84 Å². The van der Waals surface area contributed by atoms with E-state index in [1.807, 2.05) is 0 Å². The summed E-state index contributed by atoms with van der Waals surface area (Å²) < 4.78 is 10.7. The van der Waals surface area contributed by atoms with Gasteiger partial charge in [-0.3, -0.25) is 0 Å². The summed E-state index contributed by atoms with van der Waals surface area (Å²) in [7, 11) is 1.70. The lowest BCUT2D eigenvalue weighted by Crippen LogP contribution is -2.33. The first-order chi connectivity index (χ1) is 8.76. The number of rotatable bonds is 9. The topological polar surface area (TPSA) is 80.3 Å². The summed E-state index contributed by atoms with van der Waals surface area (Å²) >= 11 is 0. The lowest BCUT2D eigenvalue weighted by atomic mass is 10.1. The maximum atomic E-state index is 8.53. The summed E-state index contributed by atoms with van der Waals surface area (Å²) in [5.41, 5.74) is 5.49. The molecule has 18 heavy (non-hydrogen) atoms. The van der Waals surface area contributed by atoms with Crippen LogP contribution in [0, 0.1) is 0 Å². The standard InChI is InChI=1S/C12H25N3O3/c1-17-10-8-15(7-5-12(13)14-16)6-4-11-3-2-9-18-11/h11,16H,2-10H2,1H3,(H2,13,14). The van der Waals surface area contributed by atoms with Crippen LogP contribution < -0.4 is 5.73 Å². The zero-order valence-corrected chi connectivity index (χ0v) is 11.2. The third-order valence-corrected chi connectivity index (χ3v) is 3.22. The first-order valence-corrected chi connectivity index (χ1v) is 6.55. The molecule has 0 bridgehead atoms. The Morgan fingerprint density at radius 1 is 1.50 bits per heavy atom. The van der Waals surface area contributed by atoms with E-state index in [0.29, 0.717) is 19.1 Å². The van der Waals surface area contributed by atoms with Crippen molar-refractivity contribution in [3.63, 3.8) is 0 Å². The van der Waals surface area contributed by atoms with Crippen molar-refractivity contribution in [2.24, 2.45) is 10.9 Å². The summed E-state index contributed by atoms with van der Waals surface area (Å²) in [4.78, 5) is 2.27. The highest BCUT2D eigenvalue weighted by molar-refractivity contribution is 5.79. The molecule has 0 aromatic carbocycles. The van der Waals surface area contributed by atoms with E-state index in [-0.39, 0.29) is 5.84 Å². The van der Waals surface area contributed by atoms with Crippen molar-refractivity contribution in [3.8, 4) is 0 Å². The molecule has 0 aromatic rings. The molecular formula is C12H25N3O3. The minimum atomic E-state index is 0.273. The first-order valence-electron chi connectivity index (χ1n) is 6.55. The zero-order valence-electron chi connectivity index (χ0n) is 11.2. The van der Waals surface area contributed by atoms with Crippen LogP contribution in [0.4, 0.5) is 0 Å². The average molecular weight is 259 g/mol. The smallest absolute Gasteiger partial charge is 0.140 e. The van der Waals surface area contributed by atoms with Crippen LogP contribution in [0.25, 0.3) is 0 Å². The fraction of sp³-hybridized carbons (Fsp3) is 0.917. The predicted molar refractivity (Wildman–Crippen MR) is 69.9 cm³/mol. The molecular weight excluding hydrogens is 234 g/mol. The van der Waals surface area contributed by atoms with E-state index in [9.17, 15) is 0 Å². The van der Waals surface area contributed by atoms with Crippen molar-refractivity contribution < 1.29 is 14.7 Å². The third-order valence-electron chi connectivity index (χ3n) is 3.22. The molecule has 0 amide bonds. The number of hydrogen-bond acceptors (Lipinski definition) is 5. The van der Waals surface area contributed by atoms with Gasteiger partial charge >= 0.3 is 0 Å².